The van der Waals surface area contributed by atoms with Crippen molar-refractivity contribution in [2.75, 3.05) is 42.8 Å². The van der Waals surface area contributed by atoms with Crippen molar-refractivity contribution in [2.24, 2.45) is 5.92 Å². The van der Waals surface area contributed by atoms with Crippen LogP contribution in [-0.4, -0.2) is 43.7 Å². The number of benzene rings is 3. The summed E-state index contributed by atoms with van der Waals surface area (Å²) in [6, 6.07) is 22.6. The molecule has 2 amide bonds. The second-order valence-corrected chi connectivity index (χ2v) is 11.2. The van der Waals surface area contributed by atoms with Crippen molar-refractivity contribution in [3.63, 3.8) is 0 Å². The summed E-state index contributed by atoms with van der Waals surface area (Å²) in [4.78, 5) is 41.5. The van der Waals surface area contributed by atoms with Crippen LogP contribution < -0.4 is 30.6 Å². The lowest BCUT2D eigenvalue weighted by atomic mass is 9.83. The van der Waals surface area contributed by atoms with Crippen LogP contribution in [0.1, 0.15) is 38.7 Å². The third-order valence-corrected chi connectivity index (χ3v) is 8.38. The van der Waals surface area contributed by atoms with E-state index in [2.05, 4.69) is 15.5 Å². The number of carbonyl (C=O) groups is 2. The van der Waals surface area contributed by atoms with E-state index in [1.54, 1.807) is 67.8 Å². The number of hydrogen-bond donors (Lipinski definition) is 2. The zero-order valence-corrected chi connectivity index (χ0v) is 24.6. The molecule has 2 aliphatic heterocycles. The van der Waals surface area contributed by atoms with Gasteiger partial charge in [0.15, 0.2) is 0 Å². The molecule has 0 aliphatic carbocycles. The minimum atomic E-state index is -0.350. The van der Waals surface area contributed by atoms with Gasteiger partial charge < -0.3 is 29.6 Å². The minimum absolute atomic E-state index is 0.0293. The monoisotopic (exact) mass is 598 g/mol. The zero-order valence-electron chi connectivity index (χ0n) is 23.8. The summed E-state index contributed by atoms with van der Waals surface area (Å²) in [6.07, 6.45) is 0.998. The predicted molar refractivity (Wildman–Crippen MR) is 167 cm³/mol. The molecule has 0 saturated carbocycles. The highest BCUT2D eigenvalue weighted by Gasteiger charge is 2.35. The maximum absolute atomic E-state index is 13.4. The smallest absolute Gasteiger partial charge is 0.255 e. The van der Waals surface area contributed by atoms with Gasteiger partial charge in [0, 0.05) is 54.1 Å². The number of nitrogens with one attached hydrogen (secondary N) is 2. The number of piperidine rings is 1. The van der Waals surface area contributed by atoms with Gasteiger partial charge >= 0.3 is 0 Å². The molecule has 1 saturated heterocycles. The largest absolute Gasteiger partial charge is 0.497 e. The van der Waals surface area contributed by atoms with Crippen molar-refractivity contribution in [3.05, 3.63) is 111 Å². The number of pyridine rings is 1. The Morgan fingerprint density at radius 3 is 2.35 bits per heavy atom. The highest BCUT2D eigenvalue weighted by Crippen LogP contribution is 2.39. The molecule has 10 heteroatoms. The quantitative estimate of drug-likeness (QED) is 0.285. The standard InChI is InChI=1S/C33H31ClN4O5/c1-42-25-10-6-21(7-11-25)32(40)36-27-15-22(33(41)35-24-9-13-30(43-2)26(34)16-24)8-12-29(27)37-17-20-14-23(19-37)28-4-3-5-31(39)38(28)18-20/h3-13,15-16,20,23H,14,17-19H2,1-2H3,(H,35,41)(H,36,40)/t20-,23+/m1/s1. The molecule has 1 aromatic heterocycles. The Morgan fingerprint density at radius 2 is 1.60 bits per heavy atom. The third-order valence-electron chi connectivity index (χ3n) is 8.09. The molecular weight excluding hydrogens is 568 g/mol. The van der Waals surface area contributed by atoms with E-state index in [9.17, 15) is 14.4 Å². The number of anilines is 3. The minimum Gasteiger partial charge on any atom is -0.497 e. The number of carbonyl (C=O) groups excluding carboxylic acids is 2. The Balaban J connectivity index is 1.31. The Labute approximate surface area is 254 Å². The zero-order chi connectivity index (χ0) is 30.1. The highest BCUT2D eigenvalue weighted by atomic mass is 35.5. The van der Waals surface area contributed by atoms with Crippen LogP contribution in [0.5, 0.6) is 11.5 Å². The first-order valence-electron chi connectivity index (χ1n) is 14.0. The summed E-state index contributed by atoms with van der Waals surface area (Å²) in [5, 5.41) is 6.29. The molecule has 3 heterocycles. The normalized spacial score (nSPS) is 17.0. The third kappa shape index (κ3) is 5.81. The maximum Gasteiger partial charge on any atom is 0.255 e. The molecule has 0 spiro atoms. The Kier molecular flexibility index (Phi) is 7.82. The van der Waals surface area contributed by atoms with E-state index in [-0.39, 0.29) is 29.2 Å². The van der Waals surface area contributed by atoms with Crippen molar-refractivity contribution >= 4 is 40.5 Å². The van der Waals surface area contributed by atoms with Crippen molar-refractivity contribution in [1.82, 2.24) is 4.57 Å². The molecule has 43 heavy (non-hydrogen) atoms. The summed E-state index contributed by atoms with van der Waals surface area (Å²) in [5.74, 6) is 0.947. The average Bonchev–Trinajstić information content (AvgIpc) is 3.01. The van der Waals surface area contributed by atoms with Crippen LogP contribution in [0.15, 0.2) is 83.7 Å². The first kappa shape index (κ1) is 28.4. The predicted octanol–water partition coefficient (Wildman–Crippen LogP) is 5.65. The Hall–Kier alpha value is -4.76. The molecule has 9 nitrogen and oxygen atoms in total. The fourth-order valence-corrected chi connectivity index (χ4v) is 6.29. The molecule has 0 unspecified atom stereocenters. The molecule has 4 aromatic rings. The van der Waals surface area contributed by atoms with Crippen LogP contribution in [0.4, 0.5) is 17.1 Å². The van der Waals surface area contributed by atoms with E-state index in [4.69, 9.17) is 21.1 Å². The number of ether oxygens (including phenoxy) is 2. The summed E-state index contributed by atoms with van der Waals surface area (Å²) in [5.41, 5.74) is 3.74. The van der Waals surface area contributed by atoms with Gasteiger partial charge in [-0.1, -0.05) is 17.7 Å². The first-order valence-corrected chi connectivity index (χ1v) is 14.4. The van der Waals surface area contributed by atoms with Crippen LogP contribution in [0.2, 0.25) is 5.02 Å². The van der Waals surface area contributed by atoms with E-state index < -0.39 is 0 Å². The van der Waals surface area contributed by atoms with Crippen LogP contribution in [0, 0.1) is 5.92 Å². The van der Waals surface area contributed by atoms with Crippen LogP contribution in [0.25, 0.3) is 0 Å². The Morgan fingerprint density at radius 1 is 0.837 bits per heavy atom. The van der Waals surface area contributed by atoms with E-state index in [1.807, 2.05) is 22.8 Å². The number of rotatable bonds is 7. The lowest BCUT2D eigenvalue weighted by molar-refractivity contribution is 0.101. The molecule has 3 aromatic carbocycles. The van der Waals surface area contributed by atoms with Gasteiger partial charge in [-0.15, -0.1) is 0 Å². The number of hydrogen-bond acceptors (Lipinski definition) is 6. The van der Waals surface area contributed by atoms with E-state index in [1.165, 1.54) is 7.11 Å². The van der Waals surface area contributed by atoms with Crippen LogP contribution in [0.3, 0.4) is 0 Å². The van der Waals surface area contributed by atoms with Gasteiger partial charge in [-0.05, 0) is 79.1 Å². The number of fused-ring (bicyclic) bond motifs is 4. The van der Waals surface area contributed by atoms with Gasteiger partial charge in [0.25, 0.3) is 17.4 Å². The van der Waals surface area contributed by atoms with Crippen LogP contribution in [-0.2, 0) is 6.54 Å². The molecule has 0 radical (unpaired) electrons. The van der Waals surface area contributed by atoms with Crippen molar-refractivity contribution in [3.8, 4) is 11.5 Å². The van der Waals surface area contributed by atoms with Gasteiger partial charge in [-0.2, -0.15) is 0 Å². The fourth-order valence-electron chi connectivity index (χ4n) is 6.03. The fraction of sp³-hybridized carbons (Fsp3) is 0.242. The van der Waals surface area contributed by atoms with E-state index >= 15 is 0 Å². The number of nitrogens with zero attached hydrogens (tertiary/aromatic N) is 2. The number of halogens is 1. The van der Waals surface area contributed by atoms with Gasteiger partial charge in [-0.3, -0.25) is 14.4 Å². The number of amides is 2. The van der Waals surface area contributed by atoms with Crippen molar-refractivity contribution < 1.29 is 19.1 Å². The summed E-state index contributed by atoms with van der Waals surface area (Å²) >= 11 is 6.25. The van der Waals surface area contributed by atoms with Crippen molar-refractivity contribution in [2.45, 2.75) is 18.9 Å². The summed E-state index contributed by atoms with van der Waals surface area (Å²) in [7, 11) is 3.09. The Bertz CT molecular complexity index is 1750. The second kappa shape index (κ2) is 11.9. The van der Waals surface area contributed by atoms with Crippen molar-refractivity contribution in [1.29, 1.82) is 0 Å². The van der Waals surface area contributed by atoms with Gasteiger partial charge in [0.2, 0.25) is 0 Å². The lowest BCUT2D eigenvalue weighted by Gasteiger charge is -2.44. The molecule has 220 valence electrons. The second-order valence-electron chi connectivity index (χ2n) is 10.8. The highest BCUT2D eigenvalue weighted by molar-refractivity contribution is 6.32. The van der Waals surface area contributed by atoms with Gasteiger partial charge in [0.1, 0.15) is 11.5 Å². The molecule has 6 rings (SSSR count). The average molecular weight is 599 g/mol. The maximum atomic E-state index is 13.4. The molecule has 2 aliphatic rings. The SMILES string of the molecule is COc1ccc(C(=O)Nc2cc(C(=O)Nc3ccc(OC)c(Cl)c3)ccc2N2C[C@H]3C[C@@H](C2)c2cccc(=O)n2C3)cc1. The van der Waals surface area contributed by atoms with Crippen LogP contribution >= 0.6 is 11.6 Å². The van der Waals surface area contributed by atoms with Gasteiger partial charge in [-0.25, -0.2) is 0 Å². The molecule has 2 bridgehead atoms. The topological polar surface area (TPSA) is 102 Å². The number of aromatic nitrogens is 1. The summed E-state index contributed by atoms with van der Waals surface area (Å²) in [6.45, 7) is 2.06. The molecule has 1 fully saturated rings. The first-order chi connectivity index (χ1) is 20.8. The molecule has 2 atom stereocenters. The van der Waals surface area contributed by atoms with Gasteiger partial charge in [0.05, 0.1) is 30.6 Å². The lowest BCUT2D eigenvalue weighted by Crippen LogP contribution is -2.47. The van der Waals surface area contributed by atoms with E-state index in [0.717, 1.165) is 24.3 Å². The summed E-state index contributed by atoms with van der Waals surface area (Å²) < 4.78 is 12.3. The van der Waals surface area contributed by atoms with E-state index in [0.29, 0.717) is 52.1 Å². The number of methoxy groups -OCH3 is 2. The molecule has 2 N–H and O–H groups in total. The molecular formula is C33H31ClN4O5.